The highest BCUT2D eigenvalue weighted by Crippen LogP contribution is 2.34. The van der Waals surface area contributed by atoms with E-state index in [9.17, 15) is 13.2 Å². The van der Waals surface area contributed by atoms with Crippen LogP contribution < -0.4 is 10.1 Å². The van der Waals surface area contributed by atoms with Crippen LogP contribution in [0, 0.1) is 6.92 Å². The van der Waals surface area contributed by atoms with Crippen LogP contribution in [0.4, 0.5) is 5.69 Å². The minimum absolute atomic E-state index is 0.168. The number of fused-ring (bicyclic) bond motifs is 2. The number of nitrogens with zero attached hydrogens (tertiary/aromatic N) is 2. The molecule has 0 N–H and O–H groups in total. The predicted molar refractivity (Wildman–Crippen MR) is 90.9 cm³/mol. The zero-order valence-electron chi connectivity index (χ0n) is 13.3. The molecule has 7 heteroatoms. The predicted octanol–water partition coefficient (Wildman–Crippen LogP) is 2.19. The molecule has 0 aliphatic carbocycles. The lowest BCUT2D eigenvalue weighted by molar-refractivity contribution is 0.527. The molecule has 4 rings (SSSR count). The summed E-state index contributed by atoms with van der Waals surface area (Å²) in [6.45, 7) is 2.14. The molecule has 1 aromatic heterocycles. The minimum atomic E-state index is -3.72. The van der Waals surface area contributed by atoms with Gasteiger partial charge in [0.2, 0.25) is 0 Å². The first-order chi connectivity index (χ1) is 11.4. The Hall–Kier alpha value is -2.54. The Morgan fingerprint density at radius 3 is 2.71 bits per heavy atom. The van der Waals surface area contributed by atoms with Crippen LogP contribution in [0.3, 0.4) is 0 Å². The molecule has 0 amide bonds. The molecule has 0 radical (unpaired) electrons. The van der Waals surface area contributed by atoms with Gasteiger partial charge < -0.3 is 4.42 Å². The van der Waals surface area contributed by atoms with Crippen molar-refractivity contribution in [2.75, 3.05) is 10.8 Å². The number of aromatic nitrogens is 1. The van der Waals surface area contributed by atoms with E-state index < -0.39 is 15.8 Å². The summed E-state index contributed by atoms with van der Waals surface area (Å²) in [5.74, 6) is -0.509. The highest BCUT2D eigenvalue weighted by Gasteiger charge is 2.32. The lowest BCUT2D eigenvalue weighted by atomic mass is 10.2. The second-order valence-electron chi connectivity index (χ2n) is 5.97. The van der Waals surface area contributed by atoms with E-state index in [-0.39, 0.29) is 10.5 Å². The molecule has 2 heterocycles. The first kappa shape index (κ1) is 15.0. The number of hydrogen-bond donors (Lipinski definition) is 0. The topological polar surface area (TPSA) is 72.5 Å². The maximum Gasteiger partial charge on any atom is 0.419 e. The van der Waals surface area contributed by atoms with Crippen LogP contribution in [0.5, 0.6) is 0 Å². The Morgan fingerprint density at radius 1 is 1.17 bits per heavy atom. The van der Waals surface area contributed by atoms with Crippen LogP contribution in [0.25, 0.3) is 11.1 Å². The molecule has 3 aromatic rings. The maximum atomic E-state index is 13.2. The van der Waals surface area contributed by atoms with E-state index in [1.807, 2.05) is 24.3 Å². The highest BCUT2D eigenvalue weighted by molar-refractivity contribution is 7.93. The quantitative estimate of drug-likeness (QED) is 0.714. The molecule has 0 fully saturated rings. The third kappa shape index (κ3) is 2.01. The molecule has 24 heavy (non-hydrogen) atoms. The van der Waals surface area contributed by atoms with Crippen LogP contribution in [-0.2, 0) is 23.5 Å². The van der Waals surface area contributed by atoms with Crippen LogP contribution in [0.15, 0.2) is 50.5 Å². The Kier molecular flexibility index (Phi) is 3.11. The van der Waals surface area contributed by atoms with Crippen molar-refractivity contribution in [1.82, 2.24) is 4.57 Å². The van der Waals surface area contributed by atoms with E-state index in [0.29, 0.717) is 29.7 Å². The SMILES string of the molecule is Cc1cc2c(cc1S(=O)(=O)N1CCc3ccccc31)oc(=O)n2C. The van der Waals surface area contributed by atoms with Crippen LogP contribution >= 0.6 is 0 Å². The van der Waals surface area contributed by atoms with Gasteiger partial charge in [0.15, 0.2) is 5.58 Å². The van der Waals surface area contributed by atoms with Crippen LogP contribution in [0.1, 0.15) is 11.1 Å². The van der Waals surface area contributed by atoms with Gasteiger partial charge in [-0.1, -0.05) is 18.2 Å². The summed E-state index contributed by atoms with van der Waals surface area (Å²) in [4.78, 5) is 11.8. The van der Waals surface area contributed by atoms with Crippen molar-refractivity contribution < 1.29 is 12.8 Å². The number of benzene rings is 2. The van der Waals surface area contributed by atoms with Gasteiger partial charge in [0, 0.05) is 19.7 Å². The minimum Gasteiger partial charge on any atom is -0.408 e. The summed E-state index contributed by atoms with van der Waals surface area (Å²) >= 11 is 0. The van der Waals surface area contributed by atoms with Gasteiger partial charge in [-0.3, -0.25) is 8.87 Å². The van der Waals surface area contributed by atoms with Gasteiger partial charge in [-0.15, -0.1) is 0 Å². The number of aryl methyl sites for hydroxylation is 2. The zero-order chi connectivity index (χ0) is 17.1. The van der Waals surface area contributed by atoms with E-state index >= 15 is 0 Å². The second-order valence-corrected chi connectivity index (χ2v) is 7.80. The Bertz CT molecular complexity index is 1130. The molecule has 0 unspecified atom stereocenters. The molecule has 124 valence electrons. The number of sulfonamides is 1. The summed E-state index contributed by atoms with van der Waals surface area (Å²) in [6.07, 6.45) is 0.692. The lowest BCUT2D eigenvalue weighted by Gasteiger charge is -2.20. The smallest absolute Gasteiger partial charge is 0.408 e. The van der Waals surface area contributed by atoms with E-state index in [2.05, 4.69) is 0 Å². The maximum absolute atomic E-state index is 13.2. The van der Waals surface area contributed by atoms with E-state index in [4.69, 9.17) is 4.42 Å². The first-order valence-corrected chi connectivity index (χ1v) is 9.04. The van der Waals surface area contributed by atoms with Gasteiger partial charge in [-0.2, -0.15) is 0 Å². The van der Waals surface area contributed by atoms with Crippen molar-refractivity contribution in [2.45, 2.75) is 18.2 Å². The fraction of sp³-hybridized carbons (Fsp3) is 0.235. The van der Waals surface area contributed by atoms with Gasteiger partial charge in [-0.25, -0.2) is 13.2 Å². The summed E-state index contributed by atoms with van der Waals surface area (Å²) in [5, 5.41) is 0. The third-order valence-corrected chi connectivity index (χ3v) is 6.46. The fourth-order valence-corrected chi connectivity index (χ4v) is 4.94. The molecule has 0 saturated carbocycles. The van der Waals surface area contributed by atoms with Crippen molar-refractivity contribution in [1.29, 1.82) is 0 Å². The summed E-state index contributed by atoms with van der Waals surface area (Å²) in [5.41, 5.74) is 3.18. The summed E-state index contributed by atoms with van der Waals surface area (Å²) in [7, 11) is -2.12. The highest BCUT2D eigenvalue weighted by atomic mass is 32.2. The van der Waals surface area contributed by atoms with Crippen molar-refractivity contribution in [2.24, 2.45) is 7.05 Å². The molecule has 6 nitrogen and oxygen atoms in total. The average molecular weight is 344 g/mol. The number of anilines is 1. The van der Waals surface area contributed by atoms with Gasteiger partial charge in [-0.05, 0) is 36.6 Å². The molecule has 2 aromatic carbocycles. The standard InChI is InChI=1S/C17H16N2O4S/c1-11-9-14-15(23-17(20)18(14)2)10-16(11)24(21,22)19-8-7-12-5-3-4-6-13(12)19/h3-6,9-10H,7-8H2,1-2H3. The molecule has 0 atom stereocenters. The van der Waals surface area contributed by atoms with E-state index in [1.165, 1.54) is 14.9 Å². The zero-order valence-corrected chi connectivity index (χ0v) is 14.1. The van der Waals surface area contributed by atoms with Gasteiger partial charge >= 0.3 is 5.76 Å². The second kappa shape index (κ2) is 4.98. The lowest BCUT2D eigenvalue weighted by Crippen LogP contribution is -2.29. The van der Waals surface area contributed by atoms with Gasteiger partial charge in [0.05, 0.1) is 16.1 Å². The van der Waals surface area contributed by atoms with Crippen molar-refractivity contribution in [3.63, 3.8) is 0 Å². The molecule has 1 aliphatic heterocycles. The Labute approximate surface area is 139 Å². The molecule has 0 saturated heterocycles. The van der Waals surface area contributed by atoms with Crippen molar-refractivity contribution in [3.05, 3.63) is 58.1 Å². The monoisotopic (exact) mass is 344 g/mol. The normalized spacial score (nSPS) is 14.3. The van der Waals surface area contributed by atoms with E-state index in [1.54, 1.807) is 20.0 Å². The van der Waals surface area contributed by atoms with Gasteiger partial charge in [0.25, 0.3) is 10.0 Å². The molecular weight excluding hydrogens is 328 g/mol. The number of rotatable bonds is 2. The summed E-state index contributed by atoms with van der Waals surface area (Å²) in [6, 6.07) is 10.6. The average Bonchev–Trinajstić information content (AvgIpc) is 3.10. The Morgan fingerprint density at radius 2 is 1.92 bits per heavy atom. The van der Waals surface area contributed by atoms with Crippen molar-refractivity contribution >= 4 is 26.8 Å². The molecule has 1 aliphatic rings. The van der Waals surface area contributed by atoms with Crippen LogP contribution in [-0.4, -0.2) is 19.5 Å². The third-order valence-electron chi connectivity index (χ3n) is 4.50. The number of hydrogen-bond acceptors (Lipinski definition) is 4. The molecule has 0 spiro atoms. The van der Waals surface area contributed by atoms with Gasteiger partial charge in [0.1, 0.15) is 0 Å². The largest absolute Gasteiger partial charge is 0.419 e. The fourth-order valence-electron chi connectivity index (χ4n) is 3.21. The first-order valence-electron chi connectivity index (χ1n) is 7.60. The molecular formula is C17H16N2O4S. The number of oxazole rings is 1. The van der Waals surface area contributed by atoms with E-state index in [0.717, 1.165) is 5.56 Å². The van der Waals surface area contributed by atoms with Crippen LogP contribution in [0.2, 0.25) is 0 Å². The number of para-hydroxylation sites is 1. The Balaban J connectivity index is 1.91. The summed E-state index contributed by atoms with van der Waals surface area (Å²) < 4.78 is 34.2. The van der Waals surface area contributed by atoms with Crippen molar-refractivity contribution in [3.8, 4) is 0 Å². The molecule has 0 bridgehead atoms.